The van der Waals surface area contributed by atoms with E-state index in [1.165, 1.54) is 0 Å². The Bertz CT molecular complexity index is 887. The van der Waals surface area contributed by atoms with Gasteiger partial charge in [-0.2, -0.15) is 5.10 Å². The van der Waals surface area contributed by atoms with Crippen molar-refractivity contribution in [3.05, 3.63) is 17.0 Å². The molecular weight excluding hydrogens is 410 g/mol. The SMILES string of the molecule is CCn1nc(CCCOC(=O)CCS(C)(=O)=O)c2c1C(=O)NCC1(CCOCC1)C2. The predicted octanol–water partition coefficient (Wildman–Crippen LogP) is 0.896. The van der Waals surface area contributed by atoms with E-state index in [4.69, 9.17) is 9.47 Å². The molecule has 3 rings (SSSR count). The molecular formula is C20H31N3O6S. The van der Waals surface area contributed by atoms with E-state index in [1.54, 1.807) is 4.68 Å². The van der Waals surface area contributed by atoms with Gasteiger partial charge in [0.25, 0.3) is 5.91 Å². The number of amides is 1. The average Bonchev–Trinajstić information content (AvgIpc) is 2.98. The molecule has 1 fully saturated rings. The zero-order chi connectivity index (χ0) is 21.8. The third kappa shape index (κ3) is 5.60. The van der Waals surface area contributed by atoms with E-state index in [9.17, 15) is 18.0 Å². The summed E-state index contributed by atoms with van der Waals surface area (Å²) in [6.45, 7) is 4.81. The van der Waals surface area contributed by atoms with E-state index in [2.05, 4.69) is 10.4 Å². The predicted molar refractivity (Wildman–Crippen MR) is 110 cm³/mol. The van der Waals surface area contributed by atoms with Crippen molar-refractivity contribution in [1.29, 1.82) is 0 Å². The van der Waals surface area contributed by atoms with E-state index >= 15 is 0 Å². The average molecular weight is 442 g/mol. The van der Waals surface area contributed by atoms with Gasteiger partial charge in [-0.15, -0.1) is 0 Å². The van der Waals surface area contributed by atoms with Crippen molar-refractivity contribution in [1.82, 2.24) is 15.1 Å². The molecule has 1 amide bonds. The largest absolute Gasteiger partial charge is 0.466 e. The molecule has 1 spiro atoms. The molecule has 9 nitrogen and oxygen atoms in total. The number of sulfone groups is 1. The zero-order valence-corrected chi connectivity index (χ0v) is 18.6. The van der Waals surface area contributed by atoms with Gasteiger partial charge in [0.05, 0.1) is 24.5 Å². The van der Waals surface area contributed by atoms with Crippen LogP contribution in [-0.4, -0.2) is 68.4 Å². The Morgan fingerprint density at radius 1 is 1.33 bits per heavy atom. The minimum atomic E-state index is -3.19. The number of hydrogen-bond acceptors (Lipinski definition) is 7. The molecule has 1 saturated heterocycles. The van der Waals surface area contributed by atoms with E-state index in [0.29, 0.717) is 44.8 Å². The lowest BCUT2D eigenvalue weighted by molar-refractivity contribution is -0.143. The van der Waals surface area contributed by atoms with Crippen LogP contribution in [0.15, 0.2) is 0 Å². The Kier molecular flexibility index (Phi) is 7.18. The number of aromatic nitrogens is 2. The summed E-state index contributed by atoms with van der Waals surface area (Å²) in [5, 5.41) is 7.75. The Balaban J connectivity index is 1.66. The summed E-state index contributed by atoms with van der Waals surface area (Å²) in [4.78, 5) is 24.5. The number of ether oxygens (including phenoxy) is 2. The Labute approximate surface area is 177 Å². The minimum Gasteiger partial charge on any atom is -0.466 e. The molecule has 0 aromatic carbocycles. The topological polar surface area (TPSA) is 117 Å². The zero-order valence-electron chi connectivity index (χ0n) is 17.7. The fourth-order valence-corrected chi connectivity index (χ4v) is 4.67. The Hall–Kier alpha value is -1.94. The molecule has 2 aliphatic rings. The van der Waals surface area contributed by atoms with Crippen molar-refractivity contribution < 1.29 is 27.5 Å². The Morgan fingerprint density at radius 2 is 2.07 bits per heavy atom. The quantitative estimate of drug-likeness (QED) is 0.470. The second kappa shape index (κ2) is 9.47. The summed E-state index contributed by atoms with van der Waals surface area (Å²) in [5.74, 6) is -0.804. The molecule has 30 heavy (non-hydrogen) atoms. The van der Waals surface area contributed by atoms with Crippen LogP contribution in [0.5, 0.6) is 0 Å². The van der Waals surface area contributed by atoms with Gasteiger partial charge in [-0.05, 0) is 44.4 Å². The molecule has 1 aromatic rings. The molecule has 0 aliphatic carbocycles. The Morgan fingerprint density at radius 3 is 2.73 bits per heavy atom. The first-order chi connectivity index (χ1) is 14.2. The molecule has 0 saturated carbocycles. The van der Waals surface area contributed by atoms with Gasteiger partial charge in [0.15, 0.2) is 0 Å². The molecule has 1 aromatic heterocycles. The van der Waals surface area contributed by atoms with Gasteiger partial charge >= 0.3 is 5.97 Å². The maximum atomic E-state index is 12.8. The number of aryl methyl sites for hydroxylation is 2. The second-order valence-corrected chi connectivity index (χ2v) is 10.5. The van der Waals surface area contributed by atoms with Gasteiger partial charge in [-0.3, -0.25) is 14.3 Å². The first kappa shape index (κ1) is 22.7. The third-order valence-electron chi connectivity index (χ3n) is 5.88. The summed E-state index contributed by atoms with van der Waals surface area (Å²) in [6.07, 6.45) is 4.71. The van der Waals surface area contributed by atoms with Crippen molar-refractivity contribution >= 4 is 21.7 Å². The van der Waals surface area contributed by atoms with Crippen LogP contribution in [0.2, 0.25) is 0 Å². The monoisotopic (exact) mass is 441 g/mol. The molecule has 0 unspecified atom stereocenters. The van der Waals surface area contributed by atoms with Crippen molar-refractivity contribution in [3.63, 3.8) is 0 Å². The number of carbonyl (C=O) groups is 2. The normalized spacial score (nSPS) is 18.5. The lowest BCUT2D eigenvalue weighted by Gasteiger charge is -2.36. The first-order valence-corrected chi connectivity index (χ1v) is 12.6. The highest BCUT2D eigenvalue weighted by Gasteiger charge is 2.39. The molecule has 168 valence electrons. The van der Waals surface area contributed by atoms with Crippen LogP contribution in [0.4, 0.5) is 0 Å². The summed E-state index contributed by atoms with van der Waals surface area (Å²) in [7, 11) is -3.19. The maximum absolute atomic E-state index is 12.8. The van der Waals surface area contributed by atoms with Gasteiger partial charge in [0.2, 0.25) is 0 Å². The smallest absolute Gasteiger partial charge is 0.306 e. The number of fused-ring (bicyclic) bond motifs is 1. The summed E-state index contributed by atoms with van der Waals surface area (Å²) >= 11 is 0. The number of nitrogens with zero attached hydrogens (tertiary/aromatic N) is 2. The highest BCUT2D eigenvalue weighted by atomic mass is 32.2. The van der Waals surface area contributed by atoms with Crippen LogP contribution >= 0.6 is 0 Å². The van der Waals surface area contributed by atoms with Crippen molar-refractivity contribution in [2.45, 2.75) is 52.0 Å². The van der Waals surface area contributed by atoms with Gasteiger partial charge < -0.3 is 14.8 Å². The van der Waals surface area contributed by atoms with E-state index < -0.39 is 15.8 Å². The third-order valence-corrected chi connectivity index (χ3v) is 6.82. The van der Waals surface area contributed by atoms with E-state index in [-0.39, 0.29) is 30.1 Å². The van der Waals surface area contributed by atoms with Crippen molar-refractivity contribution in [2.75, 3.05) is 38.4 Å². The van der Waals surface area contributed by atoms with E-state index in [0.717, 1.165) is 36.8 Å². The van der Waals surface area contributed by atoms with Crippen molar-refractivity contribution in [2.24, 2.45) is 5.41 Å². The summed E-state index contributed by atoms with van der Waals surface area (Å²) in [6, 6.07) is 0. The van der Waals surface area contributed by atoms with Gasteiger partial charge in [-0.1, -0.05) is 0 Å². The molecule has 0 radical (unpaired) electrons. The van der Waals surface area contributed by atoms with Crippen LogP contribution in [0.25, 0.3) is 0 Å². The first-order valence-electron chi connectivity index (χ1n) is 10.5. The lowest BCUT2D eigenvalue weighted by Crippen LogP contribution is -2.40. The minimum absolute atomic E-state index is 0.00632. The molecule has 10 heteroatoms. The van der Waals surface area contributed by atoms with Crippen LogP contribution < -0.4 is 5.32 Å². The van der Waals surface area contributed by atoms with Gasteiger partial charge in [0.1, 0.15) is 15.5 Å². The number of nitrogens with one attached hydrogen (secondary N) is 1. The lowest BCUT2D eigenvalue weighted by atomic mass is 9.75. The highest BCUT2D eigenvalue weighted by molar-refractivity contribution is 7.90. The van der Waals surface area contributed by atoms with Crippen LogP contribution in [0, 0.1) is 5.41 Å². The highest BCUT2D eigenvalue weighted by Crippen LogP contribution is 2.37. The number of hydrogen-bond donors (Lipinski definition) is 1. The fourth-order valence-electron chi connectivity index (χ4n) is 4.13. The number of carbonyl (C=O) groups excluding carboxylic acids is 2. The number of esters is 1. The molecule has 0 atom stereocenters. The molecule has 3 heterocycles. The summed E-state index contributed by atoms with van der Waals surface area (Å²) < 4.78 is 34.7. The van der Waals surface area contributed by atoms with Crippen LogP contribution in [0.1, 0.15) is 54.4 Å². The fraction of sp³-hybridized carbons (Fsp3) is 0.750. The van der Waals surface area contributed by atoms with Gasteiger partial charge in [0, 0.05) is 38.1 Å². The van der Waals surface area contributed by atoms with Crippen molar-refractivity contribution in [3.8, 4) is 0 Å². The molecule has 2 aliphatic heterocycles. The maximum Gasteiger partial charge on any atom is 0.306 e. The number of rotatable bonds is 8. The molecule has 0 bridgehead atoms. The van der Waals surface area contributed by atoms with Crippen LogP contribution in [-0.2, 0) is 43.5 Å². The standard InChI is InChI=1S/C20H31N3O6S/c1-3-23-18-15(13-20(14-21-19(18)25)7-10-28-11-8-20)16(22-23)5-4-9-29-17(24)6-12-30(2,26)27/h3-14H2,1-2H3,(H,21,25). The second-order valence-electron chi connectivity index (χ2n) is 8.27. The van der Waals surface area contributed by atoms with E-state index in [1.807, 2.05) is 6.92 Å². The van der Waals surface area contributed by atoms with Gasteiger partial charge in [-0.25, -0.2) is 8.42 Å². The molecule has 1 N–H and O–H groups in total. The van der Waals surface area contributed by atoms with Crippen LogP contribution in [0.3, 0.4) is 0 Å². The summed E-state index contributed by atoms with van der Waals surface area (Å²) in [5.41, 5.74) is 2.51.